The van der Waals surface area contributed by atoms with Crippen LogP contribution in [-0.4, -0.2) is 12.4 Å². The largest absolute Gasteiger partial charge is 0.493 e. The summed E-state index contributed by atoms with van der Waals surface area (Å²) in [7, 11) is 0. The first-order valence-corrected chi connectivity index (χ1v) is 5.24. The number of halogens is 1. The molecule has 0 aliphatic carbocycles. The fourth-order valence-electron chi connectivity index (χ4n) is 0.967. The lowest BCUT2D eigenvalue weighted by Crippen LogP contribution is -2.09. The van der Waals surface area contributed by atoms with Crippen LogP contribution >= 0.6 is 12.6 Å². The molecule has 0 bridgehead atoms. The van der Waals surface area contributed by atoms with Crippen molar-refractivity contribution in [1.29, 1.82) is 5.26 Å². The van der Waals surface area contributed by atoms with Gasteiger partial charge in [-0.05, 0) is 23.8 Å². The van der Waals surface area contributed by atoms with Crippen molar-refractivity contribution in [3.63, 3.8) is 0 Å². The van der Waals surface area contributed by atoms with E-state index in [1.807, 2.05) is 6.92 Å². The minimum atomic E-state index is -0.548. The Hall–Kier alpha value is -1.21. The summed E-state index contributed by atoms with van der Waals surface area (Å²) >= 11 is 4.12. The summed E-state index contributed by atoms with van der Waals surface area (Å²) in [6, 6.07) is 5.98. The number of ether oxygens (including phenoxy) is 1. The average Bonchev–Trinajstić information content (AvgIpc) is 2.26. The molecule has 80 valence electrons. The predicted molar refractivity (Wildman–Crippen MR) is 59.6 cm³/mol. The average molecular weight is 225 g/mol. The van der Waals surface area contributed by atoms with Crippen LogP contribution < -0.4 is 4.74 Å². The Morgan fingerprint density at radius 1 is 1.60 bits per heavy atom. The molecule has 0 N–H and O–H groups in total. The van der Waals surface area contributed by atoms with Gasteiger partial charge in [0.25, 0.3) is 0 Å². The van der Waals surface area contributed by atoms with Crippen LogP contribution in [0.5, 0.6) is 5.75 Å². The van der Waals surface area contributed by atoms with Gasteiger partial charge in [0.1, 0.15) is 17.6 Å². The third-order valence-electron chi connectivity index (χ3n) is 1.91. The van der Waals surface area contributed by atoms with Gasteiger partial charge in [-0.3, -0.25) is 0 Å². The van der Waals surface area contributed by atoms with Gasteiger partial charge in [-0.2, -0.15) is 17.9 Å². The van der Waals surface area contributed by atoms with Crippen molar-refractivity contribution < 1.29 is 9.13 Å². The van der Waals surface area contributed by atoms with E-state index >= 15 is 0 Å². The highest BCUT2D eigenvalue weighted by Crippen LogP contribution is 2.16. The van der Waals surface area contributed by atoms with Crippen LogP contribution in [0.25, 0.3) is 0 Å². The predicted octanol–water partition coefficient (Wildman–Crippen LogP) is 2.64. The zero-order chi connectivity index (χ0) is 11.3. The second kappa shape index (κ2) is 5.62. The molecule has 0 heterocycles. The molecular weight excluding hydrogens is 213 g/mol. The second-order valence-electron chi connectivity index (χ2n) is 3.35. The molecule has 0 aliphatic heterocycles. The lowest BCUT2D eigenvalue weighted by Gasteiger charge is -2.10. The molecule has 0 aromatic heterocycles. The number of nitrogens with zero attached hydrogens (tertiary/aromatic N) is 1. The van der Waals surface area contributed by atoms with Crippen LogP contribution in [0, 0.1) is 23.1 Å². The van der Waals surface area contributed by atoms with Crippen LogP contribution in [0.2, 0.25) is 0 Å². The molecule has 0 saturated carbocycles. The number of thiol groups is 1. The van der Waals surface area contributed by atoms with E-state index in [0.717, 1.165) is 5.75 Å². The van der Waals surface area contributed by atoms with E-state index in [0.29, 0.717) is 18.3 Å². The first kappa shape index (κ1) is 11.9. The number of hydrogen-bond donors (Lipinski definition) is 1. The zero-order valence-electron chi connectivity index (χ0n) is 8.40. The van der Waals surface area contributed by atoms with Crippen LogP contribution in [0.4, 0.5) is 4.39 Å². The number of nitriles is 1. The molecule has 15 heavy (non-hydrogen) atoms. The Balaban J connectivity index is 2.64. The third kappa shape index (κ3) is 3.45. The highest BCUT2D eigenvalue weighted by Gasteiger charge is 2.05. The molecular formula is C11H12FNOS. The number of hydrogen-bond acceptors (Lipinski definition) is 3. The third-order valence-corrected chi connectivity index (χ3v) is 2.53. The van der Waals surface area contributed by atoms with Crippen LogP contribution in [-0.2, 0) is 0 Å². The summed E-state index contributed by atoms with van der Waals surface area (Å²) in [4.78, 5) is 0. The smallest absolute Gasteiger partial charge is 0.144 e. The maximum absolute atomic E-state index is 13.1. The molecule has 0 saturated heterocycles. The van der Waals surface area contributed by atoms with Gasteiger partial charge < -0.3 is 4.74 Å². The normalized spacial score (nSPS) is 11.9. The summed E-state index contributed by atoms with van der Waals surface area (Å²) in [5, 5.41) is 8.52. The first-order chi connectivity index (χ1) is 7.17. The Kier molecular flexibility index (Phi) is 4.44. The molecule has 1 rings (SSSR count). The summed E-state index contributed by atoms with van der Waals surface area (Å²) < 4.78 is 18.5. The SMILES string of the molecule is CC(CS)COc1ccc(C#N)c(F)c1. The van der Waals surface area contributed by atoms with Crippen molar-refractivity contribution in [2.75, 3.05) is 12.4 Å². The van der Waals surface area contributed by atoms with Gasteiger partial charge in [-0.25, -0.2) is 4.39 Å². The van der Waals surface area contributed by atoms with Crippen molar-refractivity contribution in [2.24, 2.45) is 5.92 Å². The maximum atomic E-state index is 13.1. The minimum Gasteiger partial charge on any atom is -0.493 e. The molecule has 1 unspecified atom stereocenters. The molecule has 0 radical (unpaired) electrons. The van der Waals surface area contributed by atoms with E-state index in [-0.39, 0.29) is 5.56 Å². The Morgan fingerprint density at radius 3 is 2.87 bits per heavy atom. The van der Waals surface area contributed by atoms with Gasteiger partial charge in [0, 0.05) is 6.07 Å². The van der Waals surface area contributed by atoms with E-state index < -0.39 is 5.82 Å². The Bertz CT molecular complexity index is 375. The summed E-state index contributed by atoms with van der Waals surface area (Å²) in [5.41, 5.74) is 0.0320. The topological polar surface area (TPSA) is 33.0 Å². The van der Waals surface area contributed by atoms with Crippen molar-refractivity contribution >= 4 is 12.6 Å². The van der Waals surface area contributed by atoms with Gasteiger partial charge in [0.15, 0.2) is 0 Å². The number of rotatable bonds is 4. The highest BCUT2D eigenvalue weighted by molar-refractivity contribution is 7.80. The van der Waals surface area contributed by atoms with E-state index in [1.165, 1.54) is 12.1 Å². The Morgan fingerprint density at radius 2 is 2.33 bits per heavy atom. The lowest BCUT2D eigenvalue weighted by molar-refractivity contribution is 0.272. The van der Waals surface area contributed by atoms with E-state index in [4.69, 9.17) is 10.00 Å². The first-order valence-electron chi connectivity index (χ1n) is 4.60. The van der Waals surface area contributed by atoms with E-state index in [1.54, 1.807) is 12.1 Å². The summed E-state index contributed by atoms with van der Waals surface area (Å²) in [5.74, 6) is 0.930. The number of benzene rings is 1. The molecule has 1 aromatic rings. The molecule has 4 heteroatoms. The highest BCUT2D eigenvalue weighted by atomic mass is 32.1. The molecule has 0 spiro atoms. The lowest BCUT2D eigenvalue weighted by atomic mass is 10.2. The van der Waals surface area contributed by atoms with Crippen LogP contribution in [0.15, 0.2) is 18.2 Å². The van der Waals surface area contributed by atoms with Crippen molar-refractivity contribution in [1.82, 2.24) is 0 Å². The maximum Gasteiger partial charge on any atom is 0.144 e. The standard InChI is InChI=1S/C11H12FNOS/c1-8(7-15)6-14-10-3-2-9(5-13)11(12)4-10/h2-4,8,15H,6-7H2,1H3. The van der Waals surface area contributed by atoms with E-state index in [9.17, 15) is 4.39 Å². The zero-order valence-corrected chi connectivity index (χ0v) is 9.30. The summed E-state index contributed by atoms with van der Waals surface area (Å²) in [6.45, 7) is 2.49. The molecule has 1 atom stereocenters. The fourth-order valence-corrected chi connectivity index (χ4v) is 1.07. The van der Waals surface area contributed by atoms with Gasteiger partial charge in [0.05, 0.1) is 12.2 Å². The van der Waals surface area contributed by atoms with Crippen LogP contribution in [0.1, 0.15) is 12.5 Å². The molecule has 0 amide bonds. The van der Waals surface area contributed by atoms with Gasteiger partial charge in [0.2, 0.25) is 0 Å². The summed E-state index contributed by atoms with van der Waals surface area (Å²) in [6.07, 6.45) is 0. The van der Waals surface area contributed by atoms with Crippen molar-refractivity contribution in [3.8, 4) is 11.8 Å². The monoisotopic (exact) mass is 225 g/mol. The van der Waals surface area contributed by atoms with Gasteiger partial charge in [-0.1, -0.05) is 6.92 Å². The molecule has 0 fully saturated rings. The minimum absolute atomic E-state index is 0.0320. The van der Waals surface area contributed by atoms with Crippen LogP contribution in [0.3, 0.4) is 0 Å². The fraction of sp³-hybridized carbons (Fsp3) is 0.364. The molecule has 1 aromatic carbocycles. The Labute approximate surface area is 94.1 Å². The van der Waals surface area contributed by atoms with Gasteiger partial charge in [-0.15, -0.1) is 0 Å². The van der Waals surface area contributed by atoms with Gasteiger partial charge >= 0.3 is 0 Å². The van der Waals surface area contributed by atoms with Crippen molar-refractivity contribution in [2.45, 2.75) is 6.92 Å². The molecule has 2 nitrogen and oxygen atoms in total. The van der Waals surface area contributed by atoms with E-state index in [2.05, 4.69) is 12.6 Å². The quantitative estimate of drug-likeness (QED) is 0.799. The second-order valence-corrected chi connectivity index (χ2v) is 3.72. The molecule has 0 aliphatic rings. The van der Waals surface area contributed by atoms with Crippen molar-refractivity contribution in [3.05, 3.63) is 29.6 Å².